The van der Waals surface area contributed by atoms with Gasteiger partial charge in [0.25, 0.3) is 0 Å². The molecule has 2 aromatic heterocycles. The number of anilines is 3. The highest BCUT2D eigenvalue weighted by molar-refractivity contribution is 7.15. The van der Waals surface area contributed by atoms with E-state index in [0.29, 0.717) is 11.8 Å². The fourth-order valence-electron chi connectivity index (χ4n) is 0.941. The number of rotatable bonds is 2. The van der Waals surface area contributed by atoms with Crippen LogP contribution in [0.25, 0.3) is 0 Å². The maximum atomic E-state index is 5.51. The van der Waals surface area contributed by atoms with Crippen molar-refractivity contribution < 1.29 is 0 Å². The van der Waals surface area contributed by atoms with E-state index in [1.54, 1.807) is 29.8 Å². The standard InChI is InChI=1S/C8H9N5S/c1-5-4-11-8(14-5)13-7-10-3-2-6(9)12-7/h2-4H,1H3,(H3,9,10,11,12,13). The first-order valence-electron chi connectivity index (χ1n) is 4.02. The van der Waals surface area contributed by atoms with Crippen LogP contribution < -0.4 is 11.1 Å². The molecule has 0 radical (unpaired) electrons. The lowest BCUT2D eigenvalue weighted by Gasteiger charge is -1.99. The Bertz CT molecular complexity index is 439. The Balaban J connectivity index is 2.18. The van der Waals surface area contributed by atoms with Crippen LogP contribution in [-0.2, 0) is 0 Å². The van der Waals surface area contributed by atoms with E-state index in [-0.39, 0.29) is 0 Å². The maximum Gasteiger partial charge on any atom is 0.230 e. The summed E-state index contributed by atoms with van der Waals surface area (Å²) in [5.41, 5.74) is 5.51. The van der Waals surface area contributed by atoms with E-state index in [0.717, 1.165) is 10.0 Å². The Morgan fingerprint density at radius 3 is 2.93 bits per heavy atom. The Kier molecular flexibility index (Phi) is 2.28. The van der Waals surface area contributed by atoms with Gasteiger partial charge in [0.2, 0.25) is 5.95 Å². The van der Waals surface area contributed by atoms with Gasteiger partial charge in [-0.25, -0.2) is 9.97 Å². The van der Waals surface area contributed by atoms with E-state index in [1.165, 1.54) is 0 Å². The van der Waals surface area contributed by atoms with Crippen LogP contribution in [-0.4, -0.2) is 15.0 Å². The van der Waals surface area contributed by atoms with E-state index in [4.69, 9.17) is 5.73 Å². The SMILES string of the molecule is Cc1cnc(Nc2nccc(N)n2)s1. The smallest absolute Gasteiger partial charge is 0.230 e. The summed E-state index contributed by atoms with van der Waals surface area (Å²) in [4.78, 5) is 13.3. The number of aryl methyl sites for hydroxylation is 1. The third-order valence-electron chi connectivity index (χ3n) is 1.52. The fraction of sp³-hybridized carbons (Fsp3) is 0.125. The van der Waals surface area contributed by atoms with Crippen LogP contribution in [0.15, 0.2) is 18.5 Å². The molecule has 3 N–H and O–H groups in total. The second-order valence-corrected chi connectivity index (χ2v) is 3.94. The molecule has 72 valence electrons. The molecule has 0 aliphatic rings. The first kappa shape index (κ1) is 8.89. The molecular formula is C8H9N5S. The van der Waals surface area contributed by atoms with Crippen LogP contribution in [0.5, 0.6) is 0 Å². The van der Waals surface area contributed by atoms with Crippen molar-refractivity contribution in [3.05, 3.63) is 23.3 Å². The van der Waals surface area contributed by atoms with Gasteiger partial charge in [0, 0.05) is 17.3 Å². The van der Waals surface area contributed by atoms with Crippen molar-refractivity contribution in [2.45, 2.75) is 6.92 Å². The molecule has 0 aliphatic carbocycles. The van der Waals surface area contributed by atoms with Gasteiger partial charge in [0.05, 0.1) is 0 Å². The molecule has 0 unspecified atom stereocenters. The average molecular weight is 207 g/mol. The average Bonchev–Trinajstić information content (AvgIpc) is 2.51. The topological polar surface area (TPSA) is 76.7 Å². The second kappa shape index (κ2) is 3.59. The van der Waals surface area contributed by atoms with Crippen molar-refractivity contribution in [1.29, 1.82) is 0 Å². The lowest BCUT2D eigenvalue weighted by Crippen LogP contribution is -1.98. The zero-order valence-corrected chi connectivity index (χ0v) is 8.38. The summed E-state index contributed by atoms with van der Waals surface area (Å²) >= 11 is 1.55. The predicted molar refractivity (Wildman–Crippen MR) is 56.6 cm³/mol. The molecule has 0 amide bonds. The molecule has 0 aromatic carbocycles. The lowest BCUT2D eigenvalue weighted by atomic mass is 10.6. The summed E-state index contributed by atoms with van der Waals surface area (Å²) in [6.07, 6.45) is 3.39. The minimum atomic E-state index is 0.441. The summed E-state index contributed by atoms with van der Waals surface area (Å²) in [7, 11) is 0. The molecule has 0 saturated heterocycles. The number of nitrogens with one attached hydrogen (secondary N) is 1. The monoisotopic (exact) mass is 207 g/mol. The van der Waals surface area contributed by atoms with Crippen LogP contribution >= 0.6 is 11.3 Å². The number of hydrogen-bond acceptors (Lipinski definition) is 6. The molecule has 0 spiro atoms. The minimum Gasteiger partial charge on any atom is -0.384 e. The molecule has 0 bridgehead atoms. The minimum absolute atomic E-state index is 0.441. The molecule has 2 heterocycles. The molecule has 0 atom stereocenters. The number of nitrogens with zero attached hydrogens (tertiary/aromatic N) is 3. The summed E-state index contributed by atoms with van der Waals surface area (Å²) in [6, 6.07) is 1.64. The van der Waals surface area contributed by atoms with Crippen molar-refractivity contribution in [2.75, 3.05) is 11.1 Å². The number of nitrogens with two attached hydrogens (primary N) is 1. The molecule has 0 saturated carbocycles. The van der Waals surface area contributed by atoms with Gasteiger partial charge >= 0.3 is 0 Å². The highest BCUT2D eigenvalue weighted by atomic mass is 32.1. The predicted octanol–water partition coefficient (Wildman–Crippen LogP) is 1.57. The van der Waals surface area contributed by atoms with Crippen LogP contribution in [0.3, 0.4) is 0 Å². The molecular weight excluding hydrogens is 198 g/mol. The molecule has 0 fully saturated rings. The number of nitrogen functional groups attached to an aromatic ring is 1. The molecule has 2 rings (SSSR count). The Morgan fingerprint density at radius 2 is 2.29 bits per heavy atom. The number of hydrogen-bond donors (Lipinski definition) is 2. The Labute approximate surface area is 85.0 Å². The number of aromatic nitrogens is 3. The highest BCUT2D eigenvalue weighted by Crippen LogP contribution is 2.19. The zero-order chi connectivity index (χ0) is 9.97. The second-order valence-electron chi connectivity index (χ2n) is 2.71. The van der Waals surface area contributed by atoms with Gasteiger partial charge in [-0.15, -0.1) is 11.3 Å². The molecule has 2 aromatic rings. The van der Waals surface area contributed by atoms with E-state index < -0.39 is 0 Å². The quantitative estimate of drug-likeness (QED) is 0.781. The van der Waals surface area contributed by atoms with Gasteiger partial charge in [-0.3, -0.25) is 5.32 Å². The van der Waals surface area contributed by atoms with Crippen LogP contribution in [0.2, 0.25) is 0 Å². The fourth-order valence-corrected chi connectivity index (χ4v) is 1.60. The molecule has 5 nitrogen and oxygen atoms in total. The van der Waals surface area contributed by atoms with Gasteiger partial charge in [0.1, 0.15) is 5.82 Å². The van der Waals surface area contributed by atoms with Gasteiger partial charge < -0.3 is 5.73 Å². The van der Waals surface area contributed by atoms with Crippen molar-refractivity contribution in [3.8, 4) is 0 Å². The van der Waals surface area contributed by atoms with Crippen molar-refractivity contribution in [1.82, 2.24) is 15.0 Å². The van der Waals surface area contributed by atoms with Crippen LogP contribution in [0.1, 0.15) is 4.88 Å². The summed E-state index contributed by atoms with van der Waals surface area (Å²) in [6.45, 7) is 1.99. The van der Waals surface area contributed by atoms with Gasteiger partial charge in [-0.05, 0) is 13.0 Å². The largest absolute Gasteiger partial charge is 0.384 e. The lowest BCUT2D eigenvalue weighted by molar-refractivity contribution is 1.17. The van der Waals surface area contributed by atoms with Gasteiger partial charge in [-0.1, -0.05) is 0 Å². The third kappa shape index (κ3) is 1.97. The zero-order valence-electron chi connectivity index (χ0n) is 7.56. The van der Waals surface area contributed by atoms with Gasteiger partial charge in [0.15, 0.2) is 5.13 Å². The van der Waals surface area contributed by atoms with E-state index in [1.807, 2.05) is 6.92 Å². The molecule has 0 aliphatic heterocycles. The van der Waals surface area contributed by atoms with E-state index in [9.17, 15) is 0 Å². The maximum absolute atomic E-state index is 5.51. The number of thiazole rings is 1. The summed E-state index contributed by atoms with van der Waals surface area (Å²) < 4.78 is 0. The van der Waals surface area contributed by atoms with Crippen molar-refractivity contribution >= 4 is 28.2 Å². The van der Waals surface area contributed by atoms with E-state index in [2.05, 4.69) is 20.3 Å². The molecule has 14 heavy (non-hydrogen) atoms. The van der Waals surface area contributed by atoms with E-state index >= 15 is 0 Å². The van der Waals surface area contributed by atoms with Gasteiger partial charge in [-0.2, -0.15) is 4.98 Å². The third-order valence-corrected chi connectivity index (χ3v) is 2.35. The normalized spacial score (nSPS) is 10.1. The summed E-state index contributed by atoms with van der Waals surface area (Å²) in [5, 5.41) is 3.74. The van der Waals surface area contributed by atoms with Crippen molar-refractivity contribution in [2.24, 2.45) is 0 Å². The van der Waals surface area contributed by atoms with Crippen LogP contribution in [0.4, 0.5) is 16.9 Å². The van der Waals surface area contributed by atoms with Crippen molar-refractivity contribution in [3.63, 3.8) is 0 Å². The first-order valence-corrected chi connectivity index (χ1v) is 4.83. The first-order chi connectivity index (χ1) is 6.74. The Morgan fingerprint density at radius 1 is 1.43 bits per heavy atom. The summed E-state index contributed by atoms with van der Waals surface area (Å²) in [5.74, 6) is 0.912. The highest BCUT2D eigenvalue weighted by Gasteiger charge is 2.00. The molecule has 6 heteroatoms. The Hall–Kier alpha value is -1.69. The van der Waals surface area contributed by atoms with Crippen LogP contribution in [0, 0.1) is 6.92 Å².